The summed E-state index contributed by atoms with van der Waals surface area (Å²) in [6.45, 7) is 6.20. The molecule has 1 aromatic rings. The third kappa shape index (κ3) is 4.30. The van der Waals surface area contributed by atoms with Gasteiger partial charge in [-0.15, -0.1) is 11.6 Å². The van der Waals surface area contributed by atoms with Crippen molar-refractivity contribution in [3.63, 3.8) is 0 Å². The highest BCUT2D eigenvalue weighted by Crippen LogP contribution is 2.07. The van der Waals surface area contributed by atoms with Crippen LogP contribution >= 0.6 is 11.6 Å². The first-order valence-corrected chi connectivity index (χ1v) is 6.21. The molecule has 1 atom stereocenters. The Hall–Kier alpha value is -1.16. The van der Waals surface area contributed by atoms with Crippen LogP contribution in [0.5, 0.6) is 0 Å². The molecule has 94 valence electrons. The number of nitrogens with zero attached hydrogens (tertiary/aromatic N) is 2. The maximum absolute atomic E-state index is 11.9. The van der Waals surface area contributed by atoms with E-state index in [-0.39, 0.29) is 11.3 Å². The highest BCUT2D eigenvalue weighted by Gasteiger charge is 2.11. The smallest absolute Gasteiger partial charge is 0.253 e. The van der Waals surface area contributed by atoms with Crippen molar-refractivity contribution in [1.82, 2.24) is 15.5 Å². The lowest BCUT2D eigenvalue weighted by Crippen LogP contribution is -2.27. The average Bonchev–Trinajstić information content (AvgIpc) is 2.31. The second kappa shape index (κ2) is 6.55. The number of amides is 1. The number of carbonyl (C=O) groups is 1. The van der Waals surface area contributed by atoms with E-state index < -0.39 is 0 Å². The number of rotatable bonds is 5. The SMILES string of the molecule is CCC(Cl)CCNC(=O)c1cc(C)nnc1C. The van der Waals surface area contributed by atoms with Crippen molar-refractivity contribution in [2.75, 3.05) is 6.54 Å². The van der Waals surface area contributed by atoms with Crippen molar-refractivity contribution < 1.29 is 4.79 Å². The van der Waals surface area contributed by atoms with Crippen LogP contribution in [0.3, 0.4) is 0 Å². The van der Waals surface area contributed by atoms with Crippen LogP contribution in [0.25, 0.3) is 0 Å². The van der Waals surface area contributed by atoms with E-state index in [1.807, 2.05) is 13.8 Å². The summed E-state index contributed by atoms with van der Waals surface area (Å²) in [6, 6.07) is 1.75. The molecule has 4 nitrogen and oxygen atoms in total. The lowest BCUT2D eigenvalue weighted by molar-refractivity contribution is 0.0951. The van der Waals surface area contributed by atoms with E-state index in [0.717, 1.165) is 18.5 Å². The first-order chi connectivity index (χ1) is 8.04. The van der Waals surface area contributed by atoms with Gasteiger partial charge in [-0.05, 0) is 32.8 Å². The molecule has 0 spiro atoms. The third-order valence-corrected chi connectivity index (χ3v) is 3.06. The van der Waals surface area contributed by atoms with E-state index in [9.17, 15) is 4.79 Å². The highest BCUT2D eigenvalue weighted by atomic mass is 35.5. The fourth-order valence-electron chi connectivity index (χ4n) is 1.42. The molecule has 1 unspecified atom stereocenters. The lowest BCUT2D eigenvalue weighted by atomic mass is 10.2. The maximum Gasteiger partial charge on any atom is 0.253 e. The fourth-order valence-corrected chi connectivity index (χ4v) is 1.53. The van der Waals surface area contributed by atoms with Gasteiger partial charge in [-0.25, -0.2) is 0 Å². The van der Waals surface area contributed by atoms with Gasteiger partial charge in [-0.1, -0.05) is 6.92 Å². The van der Waals surface area contributed by atoms with Gasteiger partial charge in [-0.3, -0.25) is 4.79 Å². The standard InChI is InChI=1S/C12H18ClN3O/c1-4-10(13)5-6-14-12(17)11-7-8(2)15-16-9(11)3/h7,10H,4-6H2,1-3H3,(H,14,17). The van der Waals surface area contributed by atoms with E-state index in [0.29, 0.717) is 17.8 Å². The molecule has 0 bridgehead atoms. The van der Waals surface area contributed by atoms with E-state index in [2.05, 4.69) is 15.5 Å². The molecule has 5 heteroatoms. The average molecular weight is 256 g/mol. The second-order valence-corrected chi connectivity index (χ2v) is 4.65. The number of hydrogen-bond acceptors (Lipinski definition) is 3. The largest absolute Gasteiger partial charge is 0.352 e. The second-order valence-electron chi connectivity index (χ2n) is 4.03. The van der Waals surface area contributed by atoms with Crippen LogP contribution < -0.4 is 5.32 Å². The van der Waals surface area contributed by atoms with Crippen LogP contribution in [0.1, 0.15) is 41.5 Å². The molecular weight excluding hydrogens is 238 g/mol. The van der Waals surface area contributed by atoms with E-state index in [1.165, 1.54) is 0 Å². The molecule has 0 aliphatic rings. The van der Waals surface area contributed by atoms with Gasteiger partial charge in [0.1, 0.15) is 0 Å². The summed E-state index contributed by atoms with van der Waals surface area (Å²) >= 11 is 5.98. The van der Waals surface area contributed by atoms with Crippen LogP contribution in [0.2, 0.25) is 0 Å². The van der Waals surface area contributed by atoms with Crippen molar-refractivity contribution in [1.29, 1.82) is 0 Å². The Morgan fingerprint density at radius 1 is 1.47 bits per heavy atom. The summed E-state index contributed by atoms with van der Waals surface area (Å²) in [5, 5.41) is 10.8. The summed E-state index contributed by atoms with van der Waals surface area (Å²) in [6.07, 6.45) is 1.69. The summed E-state index contributed by atoms with van der Waals surface area (Å²) in [5.41, 5.74) is 1.97. The topological polar surface area (TPSA) is 54.9 Å². The first-order valence-electron chi connectivity index (χ1n) is 5.77. The molecule has 0 aliphatic carbocycles. The van der Waals surface area contributed by atoms with Gasteiger partial charge in [-0.2, -0.15) is 10.2 Å². The Kier molecular flexibility index (Phi) is 5.35. The van der Waals surface area contributed by atoms with E-state index in [4.69, 9.17) is 11.6 Å². The Bertz CT molecular complexity index is 395. The van der Waals surface area contributed by atoms with Crippen molar-refractivity contribution in [2.45, 2.75) is 39.0 Å². The van der Waals surface area contributed by atoms with Crippen LogP contribution in [0.4, 0.5) is 0 Å². The van der Waals surface area contributed by atoms with Crippen LogP contribution in [0.15, 0.2) is 6.07 Å². The minimum absolute atomic E-state index is 0.111. The summed E-state index contributed by atoms with van der Waals surface area (Å²) in [5.74, 6) is -0.111. The number of hydrogen-bond donors (Lipinski definition) is 1. The fraction of sp³-hybridized carbons (Fsp3) is 0.583. The Morgan fingerprint density at radius 3 is 2.82 bits per heavy atom. The molecule has 1 amide bonds. The Balaban J connectivity index is 2.55. The molecule has 0 saturated heterocycles. The van der Waals surface area contributed by atoms with E-state index >= 15 is 0 Å². The van der Waals surface area contributed by atoms with Crippen LogP contribution in [-0.2, 0) is 0 Å². The number of carbonyl (C=O) groups excluding carboxylic acids is 1. The first kappa shape index (κ1) is 13.9. The molecule has 0 radical (unpaired) electrons. The quantitative estimate of drug-likeness (QED) is 0.821. The lowest BCUT2D eigenvalue weighted by Gasteiger charge is -2.09. The van der Waals surface area contributed by atoms with Crippen molar-refractivity contribution in [3.8, 4) is 0 Å². The zero-order valence-corrected chi connectivity index (χ0v) is 11.2. The van der Waals surface area contributed by atoms with Gasteiger partial charge >= 0.3 is 0 Å². The molecule has 0 fully saturated rings. The zero-order chi connectivity index (χ0) is 12.8. The van der Waals surface area contributed by atoms with Crippen molar-refractivity contribution in [2.24, 2.45) is 0 Å². The number of alkyl halides is 1. The van der Waals surface area contributed by atoms with E-state index in [1.54, 1.807) is 13.0 Å². The maximum atomic E-state index is 11.9. The predicted molar refractivity (Wildman–Crippen MR) is 68.4 cm³/mol. The predicted octanol–water partition coefficient (Wildman–Crippen LogP) is 2.23. The number of aryl methyl sites for hydroxylation is 2. The number of halogens is 1. The van der Waals surface area contributed by atoms with Gasteiger partial charge in [0.2, 0.25) is 0 Å². The molecule has 0 aromatic carbocycles. The summed E-state index contributed by atoms with van der Waals surface area (Å²) in [4.78, 5) is 11.9. The molecule has 1 aromatic heterocycles. The Morgan fingerprint density at radius 2 is 2.18 bits per heavy atom. The number of aromatic nitrogens is 2. The molecule has 1 N–H and O–H groups in total. The van der Waals surface area contributed by atoms with Crippen molar-refractivity contribution >= 4 is 17.5 Å². The Labute approximate surface area is 107 Å². The van der Waals surface area contributed by atoms with Crippen LogP contribution in [0, 0.1) is 13.8 Å². The highest BCUT2D eigenvalue weighted by molar-refractivity contribution is 6.20. The monoisotopic (exact) mass is 255 g/mol. The minimum atomic E-state index is -0.111. The van der Waals surface area contributed by atoms with Gasteiger partial charge in [0.25, 0.3) is 5.91 Å². The molecular formula is C12H18ClN3O. The molecule has 1 heterocycles. The van der Waals surface area contributed by atoms with Gasteiger partial charge in [0, 0.05) is 11.9 Å². The van der Waals surface area contributed by atoms with Crippen LogP contribution in [-0.4, -0.2) is 28.0 Å². The third-order valence-electron chi connectivity index (χ3n) is 2.53. The van der Waals surface area contributed by atoms with Gasteiger partial charge < -0.3 is 5.32 Å². The molecule has 0 saturated carbocycles. The normalized spacial score (nSPS) is 12.2. The minimum Gasteiger partial charge on any atom is -0.352 e. The number of nitrogens with one attached hydrogen (secondary N) is 1. The van der Waals surface area contributed by atoms with Crippen molar-refractivity contribution in [3.05, 3.63) is 23.0 Å². The summed E-state index contributed by atoms with van der Waals surface area (Å²) in [7, 11) is 0. The van der Waals surface area contributed by atoms with Gasteiger partial charge in [0.05, 0.1) is 17.0 Å². The summed E-state index contributed by atoms with van der Waals surface area (Å²) < 4.78 is 0. The van der Waals surface area contributed by atoms with Gasteiger partial charge in [0.15, 0.2) is 0 Å². The molecule has 17 heavy (non-hydrogen) atoms. The molecule has 0 aliphatic heterocycles. The zero-order valence-electron chi connectivity index (χ0n) is 10.5. The molecule has 1 rings (SSSR count).